The Morgan fingerprint density at radius 2 is 2.00 bits per heavy atom. The fourth-order valence-corrected chi connectivity index (χ4v) is 1.63. The first kappa shape index (κ1) is 14.8. The van der Waals surface area contributed by atoms with Crippen molar-refractivity contribution in [3.63, 3.8) is 0 Å². The smallest absolute Gasteiger partial charge is 0.339 e. The van der Waals surface area contributed by atoms with Crippen molar-refractivity contribution in [2.75, 3.05) is 6.61 Å². The van der Waals surface area contributed by atoms with Gasteiger partial charge in [-0.2, -0.15) is 0 Å². The molecule has 0 saturated carbocycles. The molecule has 0 atom stereocenters. The summed E-state index contributed by atoms with van der Waals surface area (Å²) in [5.41, 5.74) is -0.938. The van der Waals surface area contributed by atoms with E-state index in [-0.39, 0.29) is 17.9 Å². The van der Waals surface area contributed by atoms with E-state index in [9.17, 15) is 9.90 Å². The number of carbonyl (C=O) groups is 1. The highest BCUT2D eigenvalue weighted by molar-refractivity contribution is 6.31. The number of hydrogen-bond donors (Lipinski definition) is 2. The number of hydrogen-bond acceptors (Lipinski definition) is 3. The Labute approximate surface area is 111 Å². The number of rotatable bonds is 6. The minimum atomic E-state index is -1.11. The first-order chi connectivity index (χ1) is 8.41. The number of aliphatic hydroxyl groups is 1. The van der Waals surface area contributed by atoms with Crippen molar-refractivity contribution in [1.82, 2.24) is 0 Å². The molecule has 0 radical (unpaired) electrons. The van der Waals surface area contributed by atoms with Crippen LogP contribution in [0.1, 0.15) is 37.0 Å². The number of halogens is 1. The quantitative estimate of drug-likeness (QED) is 0.835. The molecule has 0 fully saturated rings. The van der Waals surface area contributed by atoms with Gasteiger partial charge in [0.2, 0.25) is 0 Å². The lowest BCUT2D eigenvalue weighted by Crippen LogP contribution is -2.34. The molecule has 0 saturated heterocycles. The maximum atomic E-state index is 11.0. The van der Waals surface area contributed by atoms with Gasteiger partial charge in [0.05, 0.1) is 5.60 Å². The first-order valence-electron chi connectivity index (χ1n) is 5.80. The zero-order valence-corrected chi connectivity index (χ0v) is 11.2. The summed E-state index contributed by atoms with van der Waals surface area (Å²) < 4.78 is 5.41. The van der Waals surface area contributed by atoms with Crippen molar-refractivity contribution in [3.05, 3.63) is 28.8 Å². The standard InChI is InChI=1S/C13H17ClO4/c1-3-13(17,4-2)8-18-11-6-5-9(14)7-10(11)12(15)16/h5-7,17H,3-4,8H2,1-2H3,(H,15,16). The van der Waals surface area contributed by atoms with E-state index in [1.165, 1.54) is 12.1 Å². The molecule has 0 aromatic heterocycles. The molecule has 0 aliphatic heterocycles. The summed E-state index contributed by atoms with van der Waals surface area (Å²) in [5, 5.41) is 19.4. The Hall–Kier alpha value is -1.26. The van der Waals surface area contributed by atoms with Crippen molar-refractivity contribution in [3.8, 4) is 5.75 Å². The zero-order valence-electron chi connectivity index (χ0n) is 10.4. The molecule has 0 aliphatic carbocycles. The van der Waals surface area contributed by atoms with Gasteiger partial charge >= 0.3 is 5.97 Å². The predicted octanol–water partition coefficient (Wildman–Crippen LogP) is 2.97. The van der Waals surface area contributed by atoms with Crippen molar-refractivity contribution < 1.29 is 19.7 Å². The molecule has 100 valence electrons. The topological polar surface area (TPSA) is 66.8 Å². The van der Waals surface area contributed by atoms with Crippen LogP contribution >= 0.6 is 11.6 Å². The van der Waals surface area contributed by atoms with Gasteiger partial charge in [-0.25, -0.2) is 4.79 Å². The van der Waals surface area contributed by atoms with Gasteiger partial charge in [0.15, 0.2) is 0 Å². The Bertz CT molecular complexity index is 427. The second kappa shape index (κ2) is 6.07. The van der Waals surface area contributed by atoms with Crippen molar-refractivity contribution in [2.24, 2.45) is 0 Å². The van der Waals surface area contributed by atoms with Gasteiger partial charge in [0.1, 0.15) is 17.9 Å². The van der Waals surface area contributed by atoms with Gasteiger partial charge in [-0.1, -0.05) is 25.4 Å². The lowest BCUT2D eigenvalue weighted by Gasteiger charge is -2.25. The Balaban J connectivity index is 2.88. The second-order valence-electron chi connectivity index (χ2n) is 4.17. The van der Waals surface area contributed by atoms with Crippen LogP contribution in [0.25, 0.3) is 0 Å². The fourth-order valence-electron chi connectivity index (χ4n) is 1.46. The molecule has 18 heavy (non-hydrogen) atoms. The number of ether oxygens (including phenoxy) is 1. The Morgan fingerprint density at radius 1 is 1.39 bits per heavy atom. The first-order valence-corrected chi connectivity index (χ1v) is 6.17. The monoisotopic (exact) mass is 272 g/mol. The maximum Gasteiger partial charge on any atom is 0.339 e. The fraction of sp³-hybridized carbons (Fsp3) is 0.462. The lowest BCUT2D eigenvalue weighted by molar-refractivity contribution is -0.0117. The van der Waals surface area contributed by atoms with Crippen LogP contribution in [-0.2, 0) is 0 Å². The lowest BCUT2D eigenvalue weighted by atomic mass is 9.99. The summed E-state index contributed by atoms with van der Waals surface area (Å²) in [4.78, 5) is 11.0. The van der Waals surface area contributed by atoms with Gasteiger partial charge in [-0.05, 0) is 31.0 Å². The van der Waals surface area contributed by atoms with E-state index in [0.717, 1.165) is 0 Å². The highest BCUT2D eigenvalue weighted by Gasteiger charge is 2.24. The minimum absolute atomic E-state index is 0.00273. The van der Waals surface area contributed by atoms with E-state index in [1.807, 2.05) is 13.8 Å². The summed E-state index contributed by atoms with van der Waals surface area (Å²) in [5.74, 6) is -0.892. The summed E-state index contributed by atoms with van der Waals surface area (Å²) >= 11 is 5.74. The van der Waals surface area contributed by atoms with Gasteiger partial charge in [-0.15, -0.1) is 0 Å². The summed E-state index contributed by atoms with van der Waals surface area (Å²) in [7, 11) is 0. The highest BCUT2D eigenvalue weighted by Crippen LogP contribution is 2.25. The van der Waals surface area contributed by atoms with E-state index in [0.29, 0.717) is 17.9 Å². The number of carboxylic acid groups (broad SMARTS) is 1. The molecule has 1 aromatic rings. The third-order valence-corrected chi connectivity index (χ3v) is 3.22. The van der Waals surface area contributed by atoms with Gasteiger partial charge in [0.25, 0.3) is 0 Å². The third-order valence-electron chi connectivity index (χ3n) is 2.98. The van der Waals surface area contributed by atoms with Gasteiger partial charge in [-0.3, -0.25) is 0 Å². The van der Waals surface area contributed by atoms with E-state index in [4.69, 9.17) is 21.4 Å². The Kier molecular flexibility index (Phi) is 4.99. The van der Waals surface area contributed by atoms with Crippen LogP contribution in [-0.4, -0.2) is 28.4 Å². The second-order valence-corrected chi connectivity index (χ2v) is 4.60. The molecule has 1 aromatic carbocycles. The van der Waals surface area contributed by atoms with Crippen LogP contribution < -0.4 is 4.74 Å². The molecule has 0 amide bonds. The van der Waals surface area contributed by atoms with Gasteiger partial charge < -0.3 is 14.9 Å². The van der Waals surface area contributed by atoms with Crippen LogP contribution in [0.3, 0.4) is 0 Å². The normalized spacial score (nSPS) is 11.3. The summed E-state index contributed by atoms with van der Waals surface area (Å²) in [6, 6.07) is 4.38. The largest absolute Gasteiger partial charge is 0.490 e. The van der Waals surface area contributed by atoms with Crippen LogP contribution in [0, 0.1) is 0 Å². The molecule has 2 N–H and O–H groups in total. The van der Waals surface area contributed by atoms with Crippen LogP contribution in [0.4, 0.5) is 0 Å². The van der Waals surface area contributed by atoms with Crippen molar-refractivity contribution in [2.45, 2.75) is 32.3 Å². The van der Waals surface area contributed by atoms with Crippen LogP contribution in [0.15, 0.2) is 18.2 Å². The van der Waals surface area contributed by atoms with Gasteiger partial charge in [0, 0.05) is 5.02 Å². The molecular weight excluding hydrogens is 256 g/mol. The number of aromatic carboxylic acids is 1. The third kappa shape index (κ3) is 3.62. The molecule has 1 rings (SSSR count). The average molecular weight is 273 g/mol. The molecule has 0 bridgehead atoms. The van der Waals surface area contributed by atoms with Crippen molar-refractivity contribution >= 4 is 17.6 Å². The molecular formula is C13H17ClO4. The number of carboxylic acids is 1. The zero-order chi connectivity index (χ0) is 13.8. The van der Waals surface area contributed by atoms with E-state index in [1.54, 1.807) is 6.07 Å². The van der Waals surface area contributed by atoms with Crippen LogP contribution in [0.2, 0.25) is 5.02 Å². The molecule has 0 aliphatic rings. The molecule has 0 heterocycles. The average Bonchev–Trinajstić information content (AvgIpc) is 2.36. The van der Waals surface area contributed by atoms with E-state index in [2.05, 4.69) is 0 Å². The molecule has 0 unspecified atom stereocenters. The summed E-state index contributed by atoms with van der Waals surface area (Å²) in [6.07, 6.45) is 1.08. The number of benzene rings is 1. The van der Waals surface area contributed by atoms with Crippen LogP contribution in [0.5, 0.6) is 5.75 Å². The Morgan fingerprint density at radius 3 is 2.50 bits per heavy atom. The minimum Gasteiger partial charge on any atom is -0.490 e. The SMILES string of the molecule is CCC(O)(CC)COc1ccc(Cl)cc1C(=O)O. The summed E-state index contributed by atoms with van der Waals surface area (Å²) in [6.45, 7) is 3.77. The highest BCUT2D eigenvalue weighted by atomic mass is 35.5. The molecule has 4 nitrogen and oxygen atoms in total. The predicted molar refractivity (Wildman–Crippen MR) is 69.4 cm³/mol. The maximum absolute atomic E-state index is 11.0. The van der Waals surface area contributed by atoms with E-state index < -0.39 is 11.6 Å². The molecule has 5 heteroatoms. The molecule has 0 spiro atoms. The van der Waals surface area contributed by atoms with E-state index >= 15 is 0 Å². The van der Waals surface area contributed by atoms with Crippen molar-refractivity contribution in [1.29, 1.82) is 0 Å².